The fourth-order valence-corrected chi connectivity index (χ4v) is 7.12. The highest BCUT2D eigenvalue weighted by molar-refractivity contribution is 5.84. The van der Waals surface area contributed by atoms with Gasteiger partial charge in [0.2, 0.25) is 0 Å². The number of benzene rings is 4. The van der Waals surface area contributed by atoms with Gasteiger partial charge in [-0.25, -0.2) is 0 Å². The van der Waals surface area contributed by atoms with E-state index in [4.69, 9.17) is 39.9 Å². The fourth-order valence-electron chi connectivity index (χ4n) is 7.12. The molecule has 4 saturated heterocycles. The van der Waals surface area contributed by atoms with Crippen LogP contribution in [-0.4, -0.2) is 50.8 Å². The molecule has 0 bridgehead atoms. The lowest BCUT2D eigenvalue weighted by atomic mass is 9.77. The van der Waals surface area contributed by atoms with E-state index in [9.17, 15) is 0 Å². The van der Waals surface area contributed by atoms with Crippen molar-refractivity contribution >= 4 is 11.4 Å². The summed E-state index contributed by atoms with van der Waals surface area (Å²) in [6.45, 7) is 11.8. The van der Waals surface area contributed by atoms with Gasteiger partial charge < -0.3 is 39.9 Å². The maximum Gasteiger partial charge on any atom is 0.133 e. The van der Waals surface area contributed by atoms with Crippen molar-refractivity contribution in [3.63, 3.8) is 0 Å². The third-order valence-corrected chi connectivity index (χ3v) is 10.2. The second-order valence-electron chi connectivity index (χ2n) is 13.8. The van der Waals surface area contributed by atoms with Crippen LogP contribution < -0.4 is 20.9 Å². The van der Waals surface area contributed by atoms with E-state index in [-0.39, 0.29) is 24.4 Å². The van der Waals surface area contributed by atoms with Crippen molar-refractivity contribution < 1.29 is 28.4 Å². The lowest BCUT2D eigenvalue weighted by Crippen LogP contribution is -2.15. The van der Waals surface area contributed by atoms with Crippen molar-refractivity contribution in [2.75, 3.05) is 37.9 Å². The van der Waals surface area contributed by atoms with Crippen LogP contribution in [0.4, 0.5) is 11.4 Å². The molecular formula is C40H44N2O6. The molecule has 250 valence electrons. The first-order valence-corrected chi connectivity index (χ1v) is 17.1. The topological polar surface area (TPSA) is 121 Å². The maximum absolute atomic E-state index is 6.72. The number of ether oxygens (including phenoxy) is 6. The Bertz CT molecular complexity index is 1630. The third-order valence-electron chi connectivity index (χ3n) is 10.2. The summed E-state index contributed by atoms with van der Waals surface area (Å²) in [6.07, 6.45) is 3.94. The van der Waals surface area contributed by atoms with Crippen molar-refractivity contribution in [1.29, 1.82) is 0 Å². The van der Waals surface area contributed by atoms with Gasteiger partial charge in [0.15, 0.2) is 0 Å². The van der Waals surface area contributed by atoms with Crippen molar-refractivity contribution in [2.45, 2.75) is 77.8 Å². The van der Waals surface area contributed by atoms with Gasteiger partial charge in [-0.3, -0.25) is 0 Å². The maximum atomic E-state index is 6.72. The molecule has 4 N–H and O–H groups in total. The molecule has 8 rings (SSSR count). The minimum atomic E-state index is 0.181. The standard InChI is InChI=1S/C40H44N2O6/c1-21-33(13-29-17-43-29)37(34(14-30-18-44-30)22(2)39(21)47-27-9-5-25(41)6-10-27)38-35(15-31-19-45-31)23(3)40(24(4)36(38)16-32-20-46-32)48-28-11-7-26(42)8-12-28/h5-12,29-32H,13-20,41-42H2,1-4H3. The van der Waals surface area contributed by atoms with Crippen LogP contribution in [0, 0.1) is 27.7 Å². The molecule has 0 amide bonds. The fraction of sp³-hybridized carbons (Fsp3) is 0.400. The average molecular weight is 649 g/mol. The van der Waals surface area contributed by atoms with Gasteiger partial charge in [-0.1, -0.05) is 0 Å². The summed E-state index contributed by atoms with van der Waals surface area (Å²) < 4.78 is 37.0. The predicted octanol–water partition coefficient (Wildman–Crippen LogP) is 7.10. The number of nitrogen functional groups attached to an aromatic ring is 2. The summed E-state index contributed by atoms with van der Waals surface area (Å²) in [5.74, 6) is 3.32. The Hall–Kier alpha value is -4.08. The highest BCUT2D eigenvalue weighted by Crippen LogP contribution is 2.50. The van der Waals surface area contributed by atoms with E-state index in [1.807, 2.05) is 48.5 Å². The molecule has 8 nitrogen and oxygen atoms in total. The van der Waals surface area contributed by atoms with Gasteiger partial charge in [0.25, 0.3) is 0 Å². The molecule has 8 heteroatoms. The van der Waals surface area contributed by atoms with Crippen molar-refractivity contribution in [3.05, 3.63) is 93.0 Å². The Labute approximate surface area is 282 Å². The van der Waals surface area contributed by atoms with Gasteiger partial charge in [-0.15, -0.1) is 0 Å². The molecule has 4 atom stereocenters. The Kier molecular flexibility index (Phi) is 8.08. The van der Waals surface area contributed by atoms with Crippen LogP contribution in [0.25, 0.3) is 11.1 Å². The SMILES string of the molecule is Cc1c(CC2CO2)c(-c2c(CC3CO3)c(C)c(Oc3ccc(N)cc3)c(C)c2CC2CO2)c(CC2CO2)c(C)c1Oc1ccc(N)cc1. The summed E-state index contributed by atoms with van der Waals surface area (Å²) in [4.78, 5) is 0. The van der Waals surface area contributed by atoms with E-state index < -0.39 is 0 Å². The van der Waals surface area contributed by atoms with E-state index >= 15 is 0 Å². The minimum Gasteiger partial charge on any atom is -0.457 e. The number of nitrogens with two attached hydrogens (primary N) is 2. The Morgan fingerprint density at radius 2 is 0.729 bits per heavy atom. The van der Waals surface area contributed by atoms with Crippen LogP contribution in [0.3, 0.4) is 0 Å². The van der Waals surface area contributed by atoms with Gasteiger partial charge in [0.05, 0.1) is 50.8 Å². The largest absolute Gasteiger partial charge is 0.457 e. The van der Waals surface area contributed by atoms with Crippen LogP contribution >= 0.6 is 0 Å². The van der Waals surface area contributed by atoms with Crippen LogP contribution in [0.5, 0.6) is 23.0 Å². The zero-order valence-corrected chi connectivity index (χ0v) is 28.2. The van der Waals surface area contributed by atoms with Gasteiger partial charge in [-0.2, -0.15) is 0 Å². The molecule has 4 aliphatic heterocycles. The van der Waals surface area contributed by atoms with Crippen LogP contribution in [0.2, 0.25) is 0 Å². The monoisotopic (exact) mass is 648 g/mol. The number of epoxide rings is 4. The molecule has 0 spiro atoms. The summed E-state index contributed by atoms with van der Waals surface area (Å²) in [5.41, 5.74) is 25.6. The molecular weight excluding hydrogens is 604 g/mol. The van der Waals surface area contributed by atoms with Crippen molar-refractivity contribution in [2.24, 2.45) is 0 Å². The van der Waals surface area contributed by atoms with Crippen molar-refractivity contribution in [1.82, 2.24) is 0 Å². The van der Waals surface area contributed by atoms with E-state index in [0.29, 0.717) is 11.4 Å². The van der Waals surface area contributed by atoms with E-state index in [2.05, 4.69) is 27.7 Å². The van der Waals surface area contributed by atoms with Gasteiger partial charge in [0, 0.05) is 37.1 Å². The van der Waals surface area contributed by atoms with E-state index in [1.165, 1.54) is 33.4 Å². The molecule has 4 aliphatic rings. The molecule has 0 aromatic heterocycles. The highest BCUT2D eigenvalue weighted by atomic mass is 16.6. The Balaban J connectivity index is 1.38. The minimum absolute atomic E-state index is 0.181. The zero-order valence-electron chi connectivity index (χ0n) is 28.2. The Morgan fingerprint density at radius 1 is 0.479 bits per heavy atom. The quantitative estimate of drug-likeness (QED) is 0.116. The highest BCUT2D eigenvalue weighted by Gasteiger charge is 2.37. The van der Waals surface area contributed by atoms with Crippen LogP contribution in [-0.2, 0) is 44.6 Å². The number of rotatable bonds is 13. The van der Waals surface area contributed by atoms with E-state index in [1.54, 1.807) is 0 Å². The lowest BCUT2D eigenvalue weighted by molar-refractivity contribution is 0.403. The predicted molar refractivity (Wildman–Crippen MR) is 186 cm³/mol. The smallest absolute Gasteiger partial charge is 0.133 e. The molecule has 0 saturated carbocycles. The van der Waals surface area contributed by atoms with Crippen molar-refractivity contribution in [3.8, 4) is 34.1 Å². The molecule has 4 aromatic rings. The van der Waals surface area contributed by atoms with E-state index in [0.717, 1.165) is 97.4 Å². The number of hydrogen-bond donors (Lipinski definition) is 2. The second kappa shape index (κ2) is 12.4. The summed E-state index contributed by atoms with van der Waals surface area (Å²) in [7, 11) is 0. The first-order chi connectivity index (χ1) is 23.2. The van der Waals surface area contributed by atoms with Gasteiger partial charge >= 0.3 is 0 Å². The first kappa shape index (κ1) is 31.2. The molecule has 4 aromatic carbocycles. The van der Waals surface area contributed by atoms with Crippen LogP contribution in [0.15, 0.2) is 48.5 Å². The molecule has 4 unspecified atom stereocenters. The van der Waals surface area contributed by atoms with Gasteiger partial charge in [-0.05, 0) is 132 Å². The summed E-state index contributed by atoms with van der Waals surface area (Å²) in [5, 5.41) is 0. The number of anilines is 2. The second-order valence-corrected chi connectivity index (χ2v) is 13.8. The van der Waals surface area contributed by atoms with Crippen LogP contribution in [0.1, 0.15) is 44.5 Å². The molecule has 0 aliphatic carbocycles. The molecule has 4 heterocycles. The molecule has 0 radical (unpaired) electrons. The normalized spacial score (nSPS) is 22.0. The number of hydrogen-bond acceptors (Lipinski definition) is 8. The lowest BCUT2D eigenvalue weighted by Gasteiger charge is -2.29. The first-order valence-electron chi connectivity index (χ1n) is 17.1. The zero-order chi connectivity index (χ0) is 33.1. The third kappa shape index (κ3) is 6.50. The summed E-state index contributed by atoms with van der Waals surface area (Å²) >= 11 is 0. The Morgan fingerprint density at radius 3 is 0.958 bits per heavy atom. The molecule has 48 heavy (non-hydrogen) atoms. The van der Waals surface area contributed by atoms with Gasteiger partial charge in [0.1, 0.15) is 23.0 Å². The summed E-state index contributed by atoms with van der Waals surface area (Å²) in [6, 6.07) is 15.3. The average Bonchev–Trinajstić information content (AvgIpc) is 3.87. The molecule has 4 fully saturated rings.